The Balaban J connectivity index is 2.06. The molecule has 0 unspecified atom stereocenters. The average molecular weight is 222 g/mol. The van der Waals surface area contributed by atoms with Crippen LogP contribution in [0.4, 0.5) is 0 Å². The van der Waals surface area contributed by atoms with Crippen molar-refractivity contribution in [3.05, 3.63) is 71.3 Å². The smallest absolute Gasteiger partial charge is 0.119 e. The van der Waals surface area contributed by atoms with Crippen LogP contribution in [0.15, 0.2) is 54.6 Å². The van der Waals surface area contributed by atoms with Gasteiger partial charge in [0.15, 0.2) is 0 Å². The lowest BCUT2D eigenvalue weighted by atomic mass is 9.93. The van der Waals surface area contributed by atoms with Crippen LogP contribution in [0, 0.1) is 0 Å². The second-order valence-corrected chi connectivity index (χ2v) is 4.24. The van der Waals surface area contributed by atoms with Crippen molar-refractivity contribution in [2.24, 2.45) is 0 Å². The lowest BCUT2D eigenvalue weighted by Crippen LogP contribution is -1.96. The van der Waals surface area contributed by atoms with E-state index in [9.17, 15) is 0 Å². The third kappa shape index (κ3) is 1.74. The van der Waals surface area contributed by atoms with Crippen molar-refractivity contribution in [3.8, 4) is 5.75 Å². The summed E-state index contributed by atoms with van der Waals surface area (Å²) in [5.41, 5.74) is 3.95. The number of ether oxygens (including phenoxy) is 1. The number of benzene rings is 2. The summed E-state index contributed by atoms with van der Waals surface area (Å²) in [6.45, 7) is 0. The topological polar surface area (TPSA) is 9.23 Å². The summed E-state index contributed by atoms with van der Waals surface area (Å²) in [5, 5.41) is 0. The number of methoxy groups -OCH3 is 1. The molecule has 0 saturated heterocycles. The molecule has 0 spiro atoms. The van der Waals surface area contributed by atoms with Crippen molar-refractivity contribution in [2.45, 2.75) is 5.92 Å². The first-order valence-electron chi connectivity index (χ1n) is 5.79. The van der Waals surface area contributed by atoms with Gasteiger partial charge in [0, 0.05) is 5.92 Å². The molecule has 0 fully saturated rings. The predicted octanol–water partition coefficient (Wildman–Crippen LogP) is 3.85. The van der Waals surface area contributed by atoms with Crippen molar-refractivity contribution in [3.63, 3.8) is 0 Å². The van der Waals surface area contributed by atoms with Gasteiger partial charge in [0.05, 0.1) is 7.11 Å². The lowest BCUT2D eigenvalue weighted by molar-refractivity contribution is 0.414. The monoisotopic (exact) mass is 222 g/mol. The molecule has 0 bridgehead atoms. The maximum Gasteiger partial charge on any atom is 0.119 e. The molecule has 2 aromatic rings. The first-order chi connectivity index (χ1) is 8.38. The van der Waals surface area contributed by atoms with Crippen LogP contribution in [-0.2, 0) is 0 Å². The van der Waals surface area contributed by atoms with Gasteiger partial charge in [-0.1, -0.05) is 48.6 Å². The van der Waals surface area contributed by atoms with Crippen molar-refractivity contribution < 1.29 is 4.74 Å². The molecule has 1 aliphatic carbocycles. The van der Waals surface area contributed by atoms with E-state index in [0.29, 0.717) is 5.92 Å². The molecule has 1 atom stereocenters. The van der Waals surface area contributed by atoms with E-state index in [2.05, 4.69) is 54.6 Å². The second-order valence-electron chi connectivity index (χ2n) is 4.24. The molecule has 1 heteroatoms. The van der Waals surface area contributed by atoms with E-state index < -0.39 is 0 Å². The summed E-state index contributed by atoms with van der Waals surface area (Å²) in [6, 6.07) is 16.8. The van der Waals surface area contributed by atoms with Gasteiger partial charge in [-0.25, -0.2) is 0 Å². The number of allylic oxidation sites excluding steroid dienone is 1. The summed E-state index contributed by atoms with van der Waals surface area (Å²) in [7, 11) is 1.71. The van der Waals surface area contributed by atoms with Crippen LogP contribution >= 0.6 is 0 Å². The minimum Gasteiger partial charge on any atom is -0.497 e. The third-order valence-corrected chi connectivity index (χ3v) is 3.26. The maximum atomic E-state index is 5.30. The van der Waals surface area contributed by atoms with Crippen molar-refractivity contribution in [1.82, 2.24) is 0 Å². The molecule has 0 aromatic heterocycles. The molecule has 17 heavy (non-hydrogen) atoms. The Bertz CT molecular complexity index is 555. The molecule has 0 saturated carbocycles. The van der Waals surface area contributed by atoms with E-state index in [0.717, 1.165) is 5.75 Å². The molecule has 3 rings (SSSR count). The quantitative estimate of drug-likeness (QED) is 0.749. The summed E-state index contributed by atoms with van der Waals surface area (Å²) < 4.78 is 5.30. The highest BCUT2D eigenvalue weighted by atomic mass is 16.5. The third-order valence-electron chi connectivity index (χ3n) is 3.26. The predicted molar refractivity (Wildman–Crippen MR) is 70.3 cm³/mol. The standard InChI is InChI=1S/C16H14O/c1-17-14-9-7-13-8-10-15(16(13)11-14)12-5-3-2-4-6-12/h2-11,15H,1H3/t15-/m0/s1. The maximum absolute atomic E-state index is 5.30. The highest BCUT2D eigenvalue weighted by molar-refractivity contribution is 5.66. The molecule has 2 aromatic carbocycles. The van der Waals surface area contributed by atoms with Crippen LogP contribution in [0.3, 0.4) is 0 Å². The van der Waals surface area contributed by atoms with Crippen LogP contribution in [0.25, 0.3) is 6.08 Å². The lowest BCUT2D eigenvalue weighted by Gasteiger charge is -2.12. The molecule has 0 aliphatic heterocycles. The highest BCUT2D eigenvalue weighted by Crippen LogP contribution is 2.37. The molecule has 1 nitrogen and oxygen atoms in total. The number of hydrogen-bond acceptors (Lipinski definition) is 1. The summed E-state index contributed by atoms with van der Waals surface area (Å²) in [4.78, 5) is 0. The molecular formula is C16H14O. The normalized spacial score (nSPS) is 16.9. The molecule has 0 radical (unpaired) electrons. The van der Waals surface area contributed by atoms with Crippen LogP contribution in [0.1, 0.15) is 22.6 Å². The minimum atomic E-state index is 0.362. The Morgan fingerprint density at radius 3 is 2.59 bits per heavy atom. The van der Waals surface area contributed by atoms with E-state index in [1.165, 1.54) is 16.7 Å². The molecule has 84 valence electrons. The summed E-state index contributed by atoms with van der Waals surface area (Å²) >= 11 is 0. The molecular weight excluding hydrogens is 208 g/mol. The van der Waals surface area contributed by atoms with Gasteiger partial charge in [-0.05, 0) is 28.8 Å². The summed E-state index contributed by atoms with van der Waals surface area (Å²) in [6.07, 6.45) is 4.44. The van der Waals surface area contributed by atoms with Gasteiger partial charge < -0.3 is 4.74 Å². The highest BCUT2D eigenvalue weighted by Gasteiger charge is 2.19. The molecule has 0 heterocycles. The van der Waals surface area contributed by atoms with Gasteiger partial charge >= 0.3 is 0 Å². The van der Waals surface area contributed by atoms with Gasteiger partial charge in [-0.2, -0.15) is 0 Å². The Morgan fingerprint density at radius 2 is 1.82 bits per heavy atom. The van der Waals surface area contributed by atoms with E-state index in [4.69, 9.17) is 4.74 Å². The first kappa shape index (κ1) is 10.2. The van der Waals surface area contributed by atoms with Crippen molar-refractivity contribution >= 4 is 6.08 Å². The fourth-order valence-electron chi connectivity index (χ4n) is 2.36. The zero-order valence-corrected chi connectivity index (χ0v) is 9.76. The van der Waals surface area contributed by atoms with E-state index in [-0.39, 0.29) is 0 Å². The molecule has 0 amide bonds. The fourth-order valence-corrected chi connectivity index (χ4v) is 2.36. The van der Waals surface area contributed by atoms with Gasteiger partial charge in [0.25, 0.3) is 0 Å². The Kier molecular flexibility index (Phi) is 2.45. The summed E-state index contributed by atoms with van der Waals surface area (Å²) in [5.74, 6) is 1.29. The van der Waals surface area contributed by atoms with Crippen LogP contribution in [0.5, 0.6) is 5.75 Å². The van der Waals surface area contributed by atoms with E-state index in [1.807, 2.05) is 6.07 Å². The van der Waals surface area contributed by atoms with Crippen LogP contribution < -0.4 is 4.74 Å². The van der Waals surface area contributed by atoms with Gasteiger partial charge in [0.2, 0.25) is 0 Å². The van der Waals surface area contributed by atoms with Crippen LogP contribution in [-0.4, -0.2) is 7.11 Å². The second kappa shape index (κ2) is 4.10. The Labute approximate surface area is 101 Å². The van der Waals surface area contributed by atoms with Crippen molar-refractivity contribution in [2.75, 3.05) is 7.11 Å². The SMILES string of the molecule is COc1ccc2c(c1)[C@H](c1ccccc1)C=C2. The van der Waals surface area contributed by atoms with Gasteiger partial charge in [-0.15, -0.1) is 0 Å². The number of rotatable bonds is 2. The zero-order valence-electron chi connectivity index (χ0n) is 9.76. The number of hydrogen-bond donors (Lipinski definition) is 0. The Hall–Kier alpha value is -2.02. The first-order valence-corrected chi connectivity index (χ1v) is 5.79. The fraction of sp³-hybridized carbons (Fsp3) is 0.125. The average Bonchev–Trinajstić information content (AvgIpc) is 2.82. The Morgan fingerprint density at radius 1 is 1.00 bits per heavy atom. The van der Waals surface area contributed by atoms with E-state index in [1.54, 1.807) is 7.11 Å². The van der Waals surface area contributed by atoms with Crippen LogP contribution in [0.2, 0.25) is 0 Å². The van der Waals surface area contributed by atoms with Crippen molar-refractivity contribution in [1.29, 1.82) is 0 Å². The number of fused-ring (bicyclic) bond motifs is 1. The minimum absolute atomic E-state index is 0.362. The largest absolute Gasteiger partial charge is 0.497 e. The molecule has 0 N–H and O–H groups in total. The van der Waals surface area contributed by atoms with Gasteiger partial charge in [0.1, 0.15) is 5.75 Å². The zero-order chi connectivity index (χ0) is 11.7. The molecule has 1 aliphatic rings. The van der Waals surface area contributed by atoms with Gasteiger partial charge in [-0.3, -0.25) is 0 Å². The van der Waals surface area contributed by atoms with E-state index >= 15 is 0 Å².